The maximum Gasteiger partial charge on any atom is 0.339 e. The molecule has 1 N–H and O–H groups in total. The van der Waals surface area contributed by atoms with E-state index in [2.05, 4.69) is 0 Å². The van der Waals surface area contributed by atoms with Crippen molar-refractivity contribution in [2.75, 3.05) is 13.7 Å². The van der Waals surface area contributed by atoms with Crippen LogP contribution in [-0.2, 0) is 42.9 Å². The number of ether oxygens (including phenoxy) is 5. The Hall–Kier alpha value is -2.40. The molecule has 6 aliphatic rings. The van der Waals surface area contributed by atoms with Gasteiger partial charge in [0.05, 0.1) is 30.1 Å². The summed E-state index contributed by atoms with van der Waals surface area (Å²) < 4.78 is 30.3. The van der Waals surface area contributed by atoms with Crippen LogP contribution in [0, 0.1) is 23.2 Å². The highest BCUT2D eigenvalue weighted by molar-refractivity contribution is 5.95. The summed E-state index contributed by atoms with van der Waals surface area (Å²) in [7, 11) is 1.44. The summed E-state index contributed by atoms with van der Waals surface area (Å²) in [6.45, 7) is 6.86. The second-order valence-corrected chi connectivity index (χ2v) is 13.2. The van der Waals surface area contributed by atoms with E-state index in [9.17, 15) is 24.3 Å². The molecule has 40 heavy (non-hydrogen) atoms. The van der Waals surface area contributed by atoms with Crippen LogP contribution in [0.2, 0.25) is 0 Å². The minimum Gasteiger partial charge on any atom is -0.456 e. The molecule has 10 nitrogen and oxygen atoms in total. The first-order valence-corrected chi connectivity index (χ1v) is 14.2. The first-order valence-electron chi connectivity index (χ1n) is 14.2. The number of rotatable bonds is 5. The fourth-order valence-electron chi connectivity index (χ4n) is 8.68. The number of aliphatic hydroxyl groups excluding tert-OH is 1. The van der Waals surface area contributed by atoms with Crippen LogP contribution >= 0.6 is 0 Å². The van der Waals surface area contributed by atoms with Gasteiger partial charge in [-0.1, -0.05) is 13.8 Å². The van der Waals surface area contributed by atoms with Crippen LogP contribution in [0.1, 0.15) is 72.6 Å². The summed E-state index contributed by atoms with van der Waals surface area (Å²) in [5.74, 6) is -3.75. The number of fused-ring (bicyclic) bond motifs is 1. The zero-order chi connectivity index (χ0) is 28.9. The number of hydrogen-bond acceptors (Lipinski definition) is 10. The minimum absolute atomic E-state index is 0.0546. The van der Waals surface area contributed by atoms with Gasteiger partial charge in [-0.05, 0) is 51.7 Å². The Morgan fingerprint density at radius 2 is 1.95 bits per heavy atom. The molecule has 5 fully saturated rings. The molecule has 9 atom stereocenters. The topological polar surface area (TPSA) is 135 Å². The van der Waals surface area contributed by atoms with E-state index in [1.807, 2.05) is 13.8 Å². The molecule has 6 rings (SSSR count). The maximum absolute atomic E-state index is 14.2. The van der Waals surface area contributed by atoms with Gasteiger partial charge in [0.1, 0.15) is 23.2 Å². The van der Waals surface area contributed by atoms with Crippen molar-refractivity contribution in [1.29, 1.82) is 0 Å². The molecule has 1 aliphatic carbocycles. The van der Waals surface area contributed by atoms with Crippen molar-refractivity contribution in [3.63, 3.8) is 0 Å². The predicted molar refractivity (Wildman–Crippen MR) is 137 cm³/mol. The lowest BCUT2D eigenvalue weighted by Crippen LogP contribution is -2.51. The van der Waals surface area contributed by atoms with Crippen LogP contribution in [0.15, 0.2) is 23.5 Å². The van der Waals surface area contributed by atoms with Crippen LogP contribution in [0.25, 0.3) is 0 Å². The first-order chi connectivity index (χ1) is 18.8. The lowest BCUT2D eigenvalue weighted by atomic mass is 9.64. The smallest absolute Gasteiger partial charge is 0.339 e. The molecule has 0 amide bonds. The SMILES string of the molecule is CO[C@@]12C[C@@](C)(C(=O)[C@@H](C)/C=C3/C=C(C)C(=O)O3)CC[C@@]3(C[C@]45OC(=O)C[C@H]4O[C@@](C)(CO)[C@@H]5CC[C@H]3C1=O)O2. The second-order valence-electron chi connectivity index (χ2n) is 13.2. The Balaban J connectivity index is 1.36. The van der Waals surface area contributed by atoms with Crippen molar-refractivity contribution < 1.29 is 48.0 Å². The number of Topliss-reactive ketones (excluding diaryl/α,β-unsaturated/α-hetero) is 2. The monoisotopic (exact) mass is 558 g/mol. The predicted octanol–water partition coefficient (Wildman–Crippen LogP) is 2.70. The van der Waals surface area contributed by atoms with E-state index < -0.39 is 51.9 Å². The average molecular weight is 559 g/mol. The standard InChI is InChI=1S/C30H38O10/c1-16(10-18-11-17(2)25(35)37-18)23(33)26(3)8-9-28-14-29-20(27(4,15-31)38-21(29)12-22(32)39-29)7-6-19(28)24(34)30(13-26,36-5)40-28/h10-11,16,19-21,31H,6-9,12-15H2,1-5H3/b18-10-/t16-,19-,20-,21+,26-,27-,28-,29+,30+/m0/s1. The van der Waals surface area contributed by atoms with Gasteiger partial charge in [-0.3, -0.25) is 14.4 Å². The highest BCUT2D eigenvalue weighted by atomic mass is 16.7. The van der Waals surface area contributed by atoms with Crippen molar-refractivity contribution in [2.45, 2.75) is 101 Å². The normalized spacial score (nSPS) is 47.5. The molecule has 5 aliphatic heterocycles. The number of carbonyl (C=O) groups excluding carboxylic acids is 4. The van der Waals surface area contributed by atoms with E-state index in [-0.39, 0.29) is 49.3 Å². The first kappa shape index (κ1) is 27.8. The number of cyclic esters (lactones) is 1. The molecular formula is C30H38O10. The van der Waals surface area contributed by atoms with E-state index >= 15 is 0 Å². The molecule has 2 spiro atoms. The highest BCUT2D eigenvalue weighted by Crippen LogP contribution is 2.64. The third-order valence-corrected chi connectivity index (χ3v) is 10.6. The average Bonchev–Trinajstić information content (AvgIpc) is 3.44. The second kappa shape index (κ2) is 8.80. The Morgan fingerprint density at radius 3 is 2.60 bits per heavy atom. The van der Waals surface area contributed by atoms with E-state index in [1.54, 1.807) is 26.0 Å². The van der Waals surface area contributed by atoms with Crippen LogP contribution in [0.4, 0.5) is 0 Å². The zero-order valence-corrected chi connectivity index (χ0v) is 23.7. The fraction of sp³-hybridized carbons (Fsp3) is 0.733. The molecular weight excluding hydrogens is 520 g/mol. The summed E-state index contributed by atoms with van der Waals surface area (Å²) in [6.07, 6.45) is 4.89. The number of aliphatic hydroxyl groups is 1. The van der Waals surface area contributed by atoms with Crippen molar-refractivity contribution in [3.8, 4) is 0 Å². The van der Waals surface area contributed by atoms with Crippen molar-refractivity contribution in [1.82, 2.24) is 0 Å². The zero-order valence-electron chi connectivity index (χ0n) is 23.7. The van der Waals surface area contributed by atoms with Gasteiger partial charge in [-0.15, -0.1) is 0 Å². The lowest BCUT2D eigenvalue weighted by molar-refractivity contribution is -0.247. The molecule has 218 valence electrons. The van der Waals surface area contributed by atoms with Gasteiger partial charge in [-0.25, -0.2) is 4.79 Å². The van der Waals surface area contributed by atoms with Crippen LogP contribution < -0.4 is 0 Å². The number of carbonyl (C=O) groups is 4. The van der Waals surface area contributed by atoms with Gasteiger partial charge in [0.15, 0.2) is 5.78 Å². The lowest BCUT2D eigenvalue weighted by Gasteiger charge is -2.41. The number of esters is 2. The molecule has 1 saturated carbocycles. The van der Waals surface area contributed by atoms with Crippen molar-refractivity contribution in [2.24, 2.45) is 23.2 Å². The summed E-state index contributed by atoms with van der Waals surface area (Å²) in [5, 5.41) is 10.3. The van der Waals surface area contributed by atoms with E-state index in [0.717, 1.165) is 0 Å². The summed E-state index contributed by atoms with van der Waals surface area (Å²) in [6, 6.07) is 0. The largest absolute Gasteiger partial charge is 0.456 e. The van der Waals surface area contributed by atoms with Gasteiger partial charge in [0.25, 0.3) is 0 Å². The summed E-state index contributed by atoms with van der Waals surface area (Å²) in [5.41, 5.74) is -3.46. The highest BCUT2D eigenvalue weighted by Gasteiger charge is 2.75. The van der Waals surface area contributed by atoms with Gasteiger partial charge >= 0.3 is 11.9 Å². The quantitative estimate of drug-likeness (QED) is 0.502. The number of methoxy groups -OCH3 is 1. The molecule has 0 aromatic heterocycles. The molecule has 2 bridgehead atoms. The minimum atomic E-state index is -1.61. The van der Waals surface area contributed by atoms with E-state index in [1.165, 1.54) is 7.11 Å². The fourth-order valence-corrected chi connectivity index (χ4v) is 8.68. The molecule has 0 radical (unpaired) electrons. The van der Waals surface area contributed by atoms with E-state index in [0.29, 0.717) is 37.0 Å². The van der Waals surface area contributed by atoms with Crippen LogP contribution in [-0.4, -0.2) is 71.0 Å². The third-order valence-electron chi connectivity index (χ3n) is 10.6. The number of hydrogen-bond donors (Lipinski definition) is 1. The van der Waals surface area contributed by atoms with Crippen LogP contribution in [0.5, 0.6) is 0 Å². The van der Waals surface area contributed by atoms with E-state index in [4.69, 9.17) is 23.7 Å². The third kappa shape index (κ3) is 3.68. The molecule has 5 heterocycles. The number of allylic oxidation sites excluding steroid dienone is 2. The van der Waals surface area contributed by atoms with Crippen molar-refractivity contribution >= 4 is 23.5 Å². The molecule has 0 aromatic rings. The Bertz CT molecular complexity index is 1250. The van der Waals surface area contributed by atoms with Crippen LogP contribution in [0.3, 0.4) is 0 Å². The molecule has 0 aromatic carbocycles. The van der Waals surface area contributed by atoms with Gasteiger partial charge < -0.3 is 28.8 Å². The Labute approximate surface area is 233 Å². The Morgan fingerprint density at radius 1 is 1.20 bits per heavy atom. The molecule has 4 saturated heterocycles. The van der Waals surface area contributed by atoms with Crippen molar-refractivity contribution in [3.05, 3.63) is 23.5 Å². The molecule has 0 unspecified atom stereocenters. The molecule has 10 heteroatoms. The number of ketones is 2. The van der Waals surface area contributed by atoms with Gasteiger partial charge in [-0.2, -0.15) is 0 Å². The maximum atomic E-state index is 14.2. The summed E-state index contributed by atoms with van der Waals surface area (Å²) >= 11 is 0. The van der Waals surface area contributed by atoms with Gasteiger partial charge in [0.2, 0.25) is 5.79 Å². The Kier molecular flexibility index (Phi) is 6.11. The van der Waals surface area contributed by atoms with Gasteiger partial charge in [0, 0.05) is 42.8 Å². The summed E-state index contributed by atoms with van der Waals surface area (Å²) in [4.78, 5) is 52.6.